The molecule has 1 fully saturated rings. The Morgan fingerprint density at radius 3 is 2.44 bits per heavy atom. The standard InChI is InChI=1S/C7H15N2/c1-6-4-9(3)5-7(6,2)8/h6H,3-5,8H2,1-2H3/q-1/t6-,7-/m0/s1. The SMILES string of the molecule is [CH2-]N1C[C@H](C)[C@@](C)(N)C1. The van der Waals surface area contributed by atoms with Gasteiger partial charge in [0.05, 0.1) is 0 Å². The molecule has 2 atom stereocenters. The number of hydrogen-bond donors (Lipinski definition) is 1. The first-order chi connectivity index (χ1) is 4.02. The molecule has 2 heteroatoms. The summed E-state index contributed by atoms with van der Waals surface area (Å²) in [6, 6.07) is 0. The van der Waals surface area contributed by atoms with E-state index in [1.165, 1.54) is 0 Å². The van der Waals surface area contributed by atoms with Crippen LogP contribution in [0.4, 0.5) is 0 Å². The number of likely N-dealkylation sites (tertiary alicyclic amines) is 1. The highest BCUT2D eigenvalue weighted by atomic mass is 15.2. The highest BCUT2D eigenvalue weighted by molar-refractivity contribution is 4.95. The molecule has 0 aromatic carbocycles. The highest BCUT2D eigenvalue weighted by Gasteiger charge is 2.31. The lowest BCUT2D eigenvalue weighted by Crippen LogP contribution is -2.42. The van der Waals surface area contributed by atoms with E-state index in [2.05, 4.69) is 20.9 Å². The minimum atomic E-state index is -0.0122. The van der Waals surface area contributed by atoms with Crippen molar-refractivity contribution < 1.29 is 0 Å². The van der Waals surface area contributed by atoms with Crippen molar-refractivity contribution in [2.75, 3.05) is 13.1 Å². The van der Waals surface area contributed by atoms with Gasteiger partial charge < -0.3 is 10.6 Å². The summed E-state index contributed by atoms with van der Waals surface area (Å²) in [7, 11) is 3.84. The van der Waals surface area contributed by atoms with E-state index in [0.29, 0.717) is 5.92 Å². The normalized spacial score (nSPS) is 46.0. The van der Waals surface area contributed by atoms with Gasteiger partial charge in [-0.25, -0.2) is 0 Å². The zero-order valence-electron chi connectivity index (χ0n) is 6.22. The van der Waals surface area contributed by atoms with Gasteiger partial charge >= 0.3 is 0 Å². The van der Waals surface area contributed by atoms with Crippen LogP contribution in [0.25, 0.3) is 0 Å². The van der Waals surface area contributed by atoms with Gasteiger partial charge in [0.2, 0.25) is 0 Å². The van der Waals surface area contributed by atoms with E-state index < -0.39 is 0 Å². The lowest BCUT2D eigenvalue weighted by molar-refractivity contribution is 0.394. The van der Waals surface area contributed by atoms with Crippen molar-refractivity contribution >= 4 is 0 Å². The fraction of sp³-hybridized carbons (Fsp3) is 0.857. The number of nitrogens with two attached hydrogens (primary N) is 1. The topological polar surface area (TPSA) is 29.3 Å². The van der Waals surface area contributed by atoms with Gasteiger partial charge in [0.1, 0.15) is 0 Å². The van der Waals surface area contributed by atoms with E-state index in [1.54, 1.807) is 0 Å². The maximum absolute atomic E-state index is 5.93. The first-order valence-corrected chi connectivity index (χ1v) is 3.37. The van der Waals surface area contributed by atoms with Gasteiger partial charge in [0.15, 0.2) is 0 Å². The molecule has 9 heavy (non-hydrogen) atoms. The van der Waals surface area contributed by atoms with Crippen molar-refractivity contribution in [3.05, 3.63) is 7.05 Å². The minimum absolute atomic E-state index is 0.0122. The molecule has 1 aliphatic heterocycles. The summed E-state index contributed by atoms with van der Waals surface area (Å²) in [5, 5.41) is 0. The van der Waals surface area contributed by atoms with Crippen molar-refractivity contribution in [1.82, 2.24) is 4.90 Å². The largest absolute Gasteiger partial charge is 0.457 e. The van der Waals surface area contributed by atoms with Crippen LogP contribution in [0.15, 0.2) is 0 Å². The molecular formula is C7H15N2-. The molecule has 2 N–H and O–H groups in total. The molecule has 1 aliphatic rings. The Morgan fingerprint density at radius 2 is 2.33 bits per heavy atom. The minimum Gasteiger partial charge on any atom is -0.457 e. The van der Waals surface area contributed by atoms with Crippen molar-refractivity contribution in [2.24, 2.45) is 11.7 Å². The molecule has 1 saturated heterocycles. The predicted molar refractivity (Wildman–Crippen MR) is 38.7 cm³/mol. The first-order valence-electron chi connectivity index (χ1n) is 3.37. The van der Waals surface area contributed by atoms with Crippen LogP contribution >= 0.6 is 0 Å². The second-order valence-corrected chi connectivity index (χ2v) is 3.42. The molecule has 0 radical (unpaired) electrons. The third kappa shape index (κ3) is 1.25. The molecule has 0 bridgehead atoms. The predicted octanol–water partition coefficient (Wildman–Crippen LogP) is 0.447. The molecule has 54 valence electrons. The van der Waals surface area contributed by atoms with Gasteiger partial charge in [0, 0.05) is 5.54 Å². The molecule has 2 nitrogen and oxygen atoms in total. The van der Waals surface area contributed by atoms with Crippen LogP contribution in [-0.4, -0.2) is 23.5 Å². The Morgan fingerprint density at radius 1 is 1.78 bits per heavy atom. The molecule has 0 spiro atoms. The van der Waals surface area contributed by atoms with Gasteiger partial charge in [-0.1, -0.05) is 6.92 Å². The monoisotopic (exact) mass is 127 g/mol. The van der Waals surface area contributed by atoms with Crippen LogP contribution in [0.2, 0.25) is 0 Å². The first kappa shape index (κ1) is 7.03. The van der Waals surface area contributed by atoms with Crippen molar-refractivity contribution in [1.29, 1.82) is 0 Å². The highest BCUT2D eigenvalue weighted by Crippen LogP contribution is 2.22. The van der Waals surface area contributed by atoms with E-state index in [-0.39, 0.29) is 5.54 Å². The van der Waals surface area contributed by atoms with E-state index in [1.807, 2.05) is 4.90 Å². The summed E-state index contributed by atoms with van der Waals surface area (Å²) in [6.45, 7) is 6.22. The van der Waals surface area contributed by atoms with Crippen LogP contribution in [-0.2, 0) is 0 Å². The fourth-order valence-electron chi connectivity index (χ4n) is 1.30. The Hall–Kier alpha value is -0.0800. The zero-order valence-corrected chi connectivity index (χ0v) is 6.22. The molecule has 0 aromatic rings. The number of hydrogen-bond acceptors (Lipinski definition) is 2. The van der Waals surface area contributed by atoms with Gasteiger partial charge in [-0.3, -0.25) is 7.05 Å². The van der Waals surface area contributed by atoms with Crippen LogP contribution in [0.3, 0.4) is 0 Å². The second kappa shape index (κ2) is 1.96. The summed E-state index contributed by atoms with van der Waals surface area (Å²) in [5.74, 6) is 0.579. The average Bonchev–Trinajstić information content (AvgIpc) is 1.79. The average molecular weight is 127 g/mol. The molecule has 0 amide bonds. The van der Waals surface area contributed by atoms with Crippen molar-refractivity contribution in [2.45, 2.75) is 19.4 Å². The molecular weight excluding hydrogens is 112 g/mol. The Balaban J connectivity index is 2.58. The van der Waals surface area contributed by atoms with Crippen LogP contribution in [0.5, 0.6) is 0 Å². The third-order valence-electron chi connectivity index (χ3n) is 2.22. The summed E-state index contributed by atoms with van der Waals surface area (Å²) in [5.41, 5.74) is 5.92. The molecule has 0 aliphatic carbocycles. The maximum Gasteiger partial charge on any atom is 0.0267 e. The molecule has 0 aromatic heterocycles. The second-order valence-electron chi connectivity index (χ2n) is 3.42. The van der Waals surface area contributed by atoms with Crippen LogP contribution in [0.1, 0.15) is 13.8 Å². The lowest BCUT2D eigenvalue weighted by Gasteiger charge is -2.23. The fourth-order valence-corrected chi connectivity index (χ4v) is 1.30. The van der Waals surface area contributed by atoms with Crippen LogP contribution < -0.4 is 5.73 Å². The van der Waals surface area contributed by atoms with E-state index in [4.69, 9.17) is 5.73 Å². The quantitative estimate of drug-likeness (QED) is 0.479. The molecule has 1 rings (SSSR count). The maximum atomic E-state index is 5.93. The van der Waals surface area contributed by atoms with E-state index in [9.17, 15) is 0 Å². The van der Waals surface area contributed by atoms with Gasteiger partial charge in [0.25, 0.3) is 0 Å². The summed E-state index contributed by atoms with van der Waals surface area (Å²) in [4.78, 5) is 2.03. The Bertz CT molecular complexity index is 109. The molecule has 0 saturated carbocycles. The van der Waals surface area contributed by atoms with E-state index >= 15 is 0 Å². The molecule has 0 unspecified atom stereocenters. The van der Waals surface area contributed by atoms with Crippen LogP contribution in [0, 0.1) is 13.0 Å². The van der Waals surface area contributed by atoms with Crippen molar-refractivity contribution in [3.8, 4) is 0 Å². The Labute approximate surface area is 57.0 Å². The Kier molecular flexibility index (Phi) is 1.53. The summed E-state index contributed by atoms with van der Waals surface area (Å²) < 4.78 is 0. The van der Waals surface area contributed by atoms with Gasteiger partial charge in [-0.05, 0) is 25.9 Å². The molecule has 1 heterocycles. The van der Waals surface area contributed by atoms with Gasteiger partial charge in [-0.2, -0.15) is 0 Å². The number of rotatable bonds is 0. The van der Waals surface area contributed by atoms with E-state index in [0.717, 1.165) is 13.1 Å². The summed E-state index contributed by atoms with van der Waals surface area (Å²) in [6.07, 6.45) is 0. The van der Waals surface area contributed by atoms with Gasteiger partial charge in [-0.15, -0.1) is 0 Å². The lowest BCUT2D eigenvalue weighted by atomic mass is 9.92. The zero-order chi connectivity index (χ0) is 7.07. The number of nitrogens with zero attached hydrogens (tertiary/aromatic N) is 1. The smallest absolute Gasteiger partial charge is 0.0267 e. The third-order valence-corrected chi connectivity index (χ3v) is 2.22. The van der Waals surface area contributed by atoms with Crippen molar-refractivity contribution in [3.63, 3.8) is 0 Å². The summed E-state index contributed by atoms with van der Waals surface area (Å²) >= 11 is 0.